The maximum Gasteiger partial charge on any atom is 0.294 e. The molecule has 0 saturated carbocycles. The van der Waals surface area contributed by atoms with Gasteiger partial charge in [-0.1, -0.05) is 47.5 Å². The van der Waals surface area contributed by atoms with E-state index in [9.17, 15) is 14.4 Å². The highest BCUT2D eigenvalue weighted by molar-refractivity contribution is 8.18. The van der Waals surface area contributed by atoms with Crippen molar-refractivity contribution in [3.8, 4) is 5.75 Å². The molecule has 3 aromatic carbocycles. The summed E-state index contributed by atoms with van der Waals surface area (Å²) >= 11 is 12.9. The van der Waals surface area contributed by atoms with E-state index in [1.807, 2.05) is 32.0 Å². The van der Waals surface area contributed by atoms with E-state index in [1.165, 1.54) is 0 Å². The van der Waals surface area contributed by atoms with Gasteiger partial charge in [-0.05, 0) is 84.8 Å². The van der Waals surface area contributed by atoms with Crippen molar-refractivity contribution in [2.75, 3.05) is 11.9 Å². The van der Waals surface area contributed by atoms with E-state index in [0.717, 1.165) is 33.4 Å². The Kier molecular flexibility index (Phi) is 8.04. The van der Waals surface area contributed by atoms with Crippen molar-refractivity contribution in [2.45, 2.75) is 20.5 Å². The maximum absolute atomic E-state index is 12.9. The van der Waals surface area contributed by atoms with Crippen LogP contribution in [-0.2, 0) is 16.2 Å². The van der Waals surface area contributed by atoms with Crippen LogP contribution in [0.4, 0.5) is 10.5 Å². The van der Waals surface area contributed by atoms with E-state index in [4.69, 9.17) is 27.9 Å². The number of carbonyl (C=O) groups is 3. The van der Waals surface area contributed by atoms with Crippen LogP contribution in [-0.4, -0.2) is 28.5 Å². The summed E-state index contributed by atoms with van der Waals surface area (Å²) in [5.74, 6) is -0.388. The Morgan fingerprint density at radius 3 is 2.50 bits per heavy atom. The van der Waals surface area contributed by atoms with Crippen molar-refractivity contribution in [1.82, 2.24) is 4.90 Å². The van der Waals surface area contributed by atoms with E-state index in [0.29, 0.717) is 27.0 Å². The van der Waals surface area contributed by atoms with Crippen molar-refractivity contribution < 1.29 is 19.1 Å². The van der Waals surface area contributed by atoms with Gasteiger partial charge in [0.15, 0.2) is 0 Å². The lowest BCUT2D eigenvalue weighted by Gasteiger charge is -2.13. The summed E-state index contributed by atoms with van der Waals surface area (Å²) in [5.41, 5.74) is 4.09. The summed E-state index contributed by atoms with van der Waals surface area (Å²) in [6, 6.07) is 17.9. The molecule has 6 nitrogen and oxygen atoms in total. The SMILES string of the molecule is Cc1cc(C)cc(NC(=O)CN2C(=O)S/C(=C/c3cccc(OCc4ccc(Cl)cc4Cl)c3)C2=O)c1. The zero-order chi connectivity index (χ0) is 25.8. The van der Waals surface area contributed by atoms with E-state index in [-0.39, 0.29) is 18.1 Å². The highest BCUT2D eigenvalue weighted by Gasteiger charge is 2.36. The number of thioether (sulfide) groups is 1. The second-order valence-electron chi connectivity index (χ2n) is 8.29. The molecule has 184 valence electrons. The van der Waals surface area contributed by atoms with Crippen LogP contribution in [0.25, 0.3) is 6.08 Å². The van der Waals surface area contributed by atoms with Crippen LogP contribution in [0.3, 0.4) is 0 Å². The fourth-order valence-electron chi connectivity index (χ4n) is 3.67. The monoisotopic (exact) mass is 540 g/mol. The number of rotatable bonds is 7. The third kappa shape index (κ3) is 6.49. The molecule has 4 rings (SSSR count). The summed E-state index contributed by atoms with van der Waals surface area (Å²) in [4.78, 5) is 39.0. The third-order valence-corrected chi connectivity index (χ3v) is 6.74. The summed E-state index contributed by atoms with van der Waals surface area (Å²) in [6.45, 7) is 3.74. The fraction of sp³-hybridized carbons (Fsp3) is 0.148. The second kappa shape index (κ2) is 11.2. The predicted molar refractivity (Wildman–Crippen MR) is 144 cm³/mol. The minimum Gasteiger partial charge on any atom is -0.489 e. The van der Waals surface area contributed by atoms with E-state index < -0.39 is 17.1 Å². The maximum atomic E-state index is 12.9. The van der Waals surface area contributed by atoms with E-state index in [1.54, 1.807) is 48.5 Å². The summed E-state index contributed by atoms with van der Waals surface area (Å²) in [7, 11) is 0. The summed E-state index contributed by atoms with van der Waals surface area (Å²) < 4.78 is 5.83. The van der Waals surface area contributed by atoms with Crippen molar-refractivity contribution in [2.24, 2.45) is 0 Å². The molecule has 0 bridgehead atoms. The van der Waals surface area contributed by atoms with Crippen molar-refractivity contribution >= 4 is 63.8 Å². The van der Waals surface area contributed by atoms with Gasteiger partial charge in [0.1, 0.15) is 18.9 Å². The van der Waals surface area contributed by atoms with Crippen LogP contribution in [0.5, 0.6) is 5.75 Å². The molecule has 0 atom stereocenters. The Balaban J connectivity index is 1.41. The molecule has 0 radical (unpaired) electrons. The first-order chi connectivity index (χ1) is 17.2. The van der Waals surface area contributed by atoms with Gasteiger partial charge in [0, 0.05) is 21.3 Å². The normalized spacial score (nSPS) is 14.4. The average molecular weight is 541 g/mol. The molecule has 1 saturated heterocycles. The molecular formula is C27H22Cl2N2O4S. The number of benzene rings is 3. The van der Waals surface area contributed by atoms with Crippen LogP contribution >= 0.6 is 35.0 Å². The molecule has 0 aliphatic carbocycles. The number of ether oxygens (including phenoxy) is 1. The number of anilines is 1. The van der Waals surface area contributed by atoms with Gasteiger partial charge < -0.3 is 10.1 Å². The van der Waals surface area contributed by atoms with Gasteiger partial charge in [0.25, 0.3) is 11.1 Å². The van der Waals surface area contributed by atoms with Crippen molar-refractivity contribution in [3.05, 3.63) is 97.9 Å². The molecule has 0 aromatic heterocycles. The molecule has 1 fully saturated rings. The quantitative estimate of drug-likeness (QED) is 0.331. The zero-order valence-electron chi connectivity index (χ0n) is 19.5. The zero-order valence-corrected chi connectivity index (χ0v) is 21.8. The number of aryl methyl sites for hydroxylation is 2. The highest BCUT2D eigenvalue weighted by atomic mass is 35.5. The lowest BCUT2D eigenvalue weighted by molar-refractivity contribution is -0.127. The van der Waals surface area contributed by atoms with Gasteiger partial charge in [-0.3, -0.25) is 19.3 Å². The van der Waals surface area contributed by atoms with Crippen LogP contribution in [0, 0.1) is 13.8 Å². The lowest BCUT2D eigenvalue weighted by Crippen LogP contribution is -2.36. The lowest BCUT2D eigenvalue weighted by atomic mass is 10.1. The summed E-state index contributed by atoms with van der Waals surface area (Å²) in [5, 5.41) is 3.31. The molecule has 3 aromatic rings. The molecule has 0 spiro atoms. The highest BCUT2D eigenvalue weighted by Crippen LogP contribution is 2.33. The topological polar surface area (TPSA) is 75.7 Å². The average Bonchev–Trinajstić information content (AvgIpc) is 3.05. The Morgan fingerprint density at radius 1 is 1.03 bits per heavy atom. The first-order valence-electron chi connectivity index (χ1n) is 11.0. The Labute approximate surface area is 223 Å². The number of hydrogen-bond donors (Lipinski definition) is 1. The van der Waals surface area contributed by atoms with Gasteiger partial charge in [0.05, 0.1) is 4.91 Å². The van der Waals surface area contributed by atoms with E-state index in [2.05, 4.69) is 5.32 Å². The van der Waals surface area contributed by atoms with Gasteiger partial charge in [-0.15, -0.1) is 0 Å². The number of carbonyl (C=O) groups excluding carboxylic acids is 3. The number of halogens is 2. The Hall–Kier alpha value is -3.26. The number of hydrogen-bond acceptors (Lipinski definition) is 5. The number of amides is 3. The number of imide groups is 1. The van der Waals surface area contributed by atoms with Crippen LogP contribution < -0.4 is 10.1 Å². The summed E-state index contributed by atoms with van der Waals surface area (Å²) in [6.07, 6.45) is 1.61. The first kappa shape index (κ1) is 25.8. The molecule has 0 unspecified atom stereocenters. The third-order valence-electron chi connectivity index (χ3n) is 5.25. The molecule has 1 heterocycles. The minimum absolute atomic E-state index is 0.233. The van der Waals surface area contributed by atoms with Crippen molar-refractivity contribution in [1.29, 1.82) is 0 Å². The fourth-order valence-corrected chi connectivity index (χ4v) is 4.97. The van der Waals surface area contributed by atoms with E-state index >= 15 is 0 Å². The van der Waals surface area contributed by atoms with Crippen LogP contribution in [0.1, 0.15) is 22.3 Å². The largest absolute Gasteiger partial charge is 0.489 e. The first-order valence-corrected chi connectivity index (χ1v) is 12.6. The smallest absolute Gasteiger partial charge is 0.294 e. The van der Waals surface area contributed by atoms with Gasteiger partial charge in [-0.2, -0.15) is 0 Å². The number of nitrogens with zero attached hydrogens (tertiary/aromatic N) is 1. The van der Waals surface area contributed by atoms with Gasteiger partial charge >= 0.3 is 0 Å². The van der Waals surface area contributed by atoms with Gasteiger partial charge in [-0.25, -0.2) is 0 Å². The van der Waals surface area contributed by atoms with Crippen LogP contribution in [0.15, 0.2) is 65.6 Å². The van der Waals surface area contributed by atoms with Gasteiger partial charge in [0.2, 0.25) is 5.91 Å². The number of nitrogens with one attached hydrogen (secondary N) is 1. The molecule has 1 aliphatic rings. The Morgan fingerprint density at radius 2 is 1.78 bits per heavy atom. The standard InChI is InChI=1S/C27H22Cl2N2O4S/c1-16-8-17(2)10-21(9-16)30-25(32)14-31-26(33)24(36-27(31)34)12-18-4-3-5-22(11-18)35-15-19-6-7-20(28)13-23(19)29/h3-13H,14-15H2,1-2H3,(H,30,32)/b24-12+. The predicted octanol–water partition coefficient (Wildman–Crippen LogP) is 6.86. The molecule has 9 heteroatoms. The molecular weight excluding hydrogens is 519 g/mol. The second-order valence-corrected chi connectivity index (χ2v) is 10.1. The minimum atomic E-state index is -0.514. The molecule has 1 aliphatic heterocycles. The molecule has 3 amide bonds. The molecule has 1 N–H and O–H groups in total. The molecule has 36 heavy (non-hydrogen) atoms. The van der Waals surface area contributed by atoms with Crippen molar-refractivity contribution in [3.63, 3.8) is 0 Å². The van der Waals surface area contributed by atoms with Crippen LogP contribution in [0.2, 0.25) is 10.0 Å². The Bertz CT molecular complexity index is 1370.